The van der Waals surface area contributed by atoms with E-state index in [9.17, 15) is 29.7 Å². The fourth-order valence-corrected chi connectivity index (χ4v) is 9.68. The van der Waals surface area contributed by atoms with Gasteiger partial charge in [0.1, 0.15) is 12.0 Å². The first kappa shape index (κ1) is 35.3. The van der Waals surface area contributed by atoms with E-state index in [2.05, 4.69) is 0 Å². The molecule has 0 aromatic heterocycles. The zero-order valence-electron chi connectivity index (χ0n) is 28.8. The molecule has 13 nitrogen and oxygen atoms in total. The molecule has 49 heavy (non-hydrogen) atoms. The number of phenolic OH excluding ortho intramolecular Hbond substituents is 1. The highest BCUT2D eigenvalue weighted by molar-refractivity contribution is 7.99. The standard InChI is InChI=1S/C35H44N2O11S/c1-8-9-23(41)48-22(17(4)39)13-49-34-26-25(33-32(45-14-46-33)16(3)31(26)47-18(5)40)21(12-38)37-28(34)27-24-19(11-20(35(37)43)36(27)6)10-15(2)30(44-7)29(24)42/h10,20-22,27-28,34-35,38,42-43H,8-9,11-14H2,1-7H3/t20-,21-,22-,27+,28?,34+,35?/m0/s1. The van der Waals surface area contributed by atoms with Crippen LogP contribution in [0.3, 0.4) is 0 Å². The number of hydrogen-bond donors (Lipinski definition) is 3. The van der Waals surface area contributed by atoms with Crippen molar-refractivity contribution in [3.8, 4) is 28.7 Å². The monoisotopic (exact) mass is 700 g/mol. The number of nitrogens with zero attached hydrogens (tertiary/aromatic N) is 2. The number of aromatic hydroxyl groups is 1. The second-order valence-corrected chi connectivity index (χ2v) is 14.3. The summed E-state index contributed by atoms with van der Waals surface area (Å²) in [5, 5.41) is 34.5. The molecule has 2 bridgehead atoms. The highest BCUT2D eigenvalue weighted by Crippen LogP contribution is 2.63. The zero-order valence-corrected chi connectivity index (χ0v) is 29.6. The molecular weight excluding hydrogens is 656 g/mol. The van der Waals surface area contributed by atoms with Gasteiger partial charge in [-0.2, -0.15) is 0 Å². The number of carbonyl (C=O) groups excluding carboxylic acids is 3. The van der Waals surface area contributed by atoms with Crippen LogP contribution in [-0.2, 0) is 25.5 Å². The number of hydrogen-bond acceptors (Lipinski definition) is 14. The SMILES string of the molecule is CCCC(=O)O[C@@H](CS[C@@H]1c2c(OC(C)=O)c(C)c3c(c2[C@H](CO)N2C1[C@H]1c4c(cc(C)c(OC)c4O)C[C@@H](C2O)N1C)OCO3)C(C)=O. The molecule has 6 rings (SSSR count). The summed E-state index contributed by atoms with van der Waals surface area (Å²) in [6.45, 7) is 7.59. The maximum atomic E-state index is 12.9. The maximum Gasteiger partial charge on any atom is 0.308 e. The molecular formula is C35H44N2O11S. The van der Waals surface area contributed by atoms with E-state index in [-0.39, 0.29) is 36.2 Å². The number of aliphatic hydroxyl groups is 2. The lowest BCUT2D eigenvalue weighted by Gasteiger charge is -2.61. The number of piperazine rings is 1. The number of ketones is 1. The first-order chi connectivity index (χ1) is 23.4. The summed E-state index contributed by atoms with van der Waals surface area (Å²) in [4.78, 5) is 42.0. The smallest absolute Gasteiger partial charge is 0.308 e. The number of benzene rings is 2. The Labute approximate surface area is 289 Å². The number of fused-ring (bicyclic) bond motifs is 9. The van der Waals surface area contributed by atoms with E-state index in [1.807, 2.05) is 36.8 Å². The van der Waals surface area contributed by atoms with Gasteiger partial charge >= 0.3 is 11.9 Å². The number of ether oxygens (including phenoxy) is 5. The zero-order chi connectivity index (χ0) is 35.5. The van der Waals surface area contributed by atoms with E-state index in [1.165, 1.54) is 32.7 Å². The van der Waals surface area contributed by atoms with Crippen LogP contribution in [0.4, 0.5) is 0 Å². The van der Waals surface area contributed by atoms with Crippen molar-refractivity contribution < 1.29 is 53.4 Å². The molecule has 4 heterocycles. The Morgan fingerprint density at radius 1 is 1.10 bits per heavy atom. The van der Waals surface area contributed by atoms with Crippen LogP contribution in [0.5, 0.6) is 28.7 Å². The lowest BCUT2D eigenvalue weighted by molar-refractivity contribution is -0.178. The quantitative estimate of drug-likeness (QED) is 0.244. The minimum atomic E-state index is -1.10. The molecule has 14 heteroatoms. The topological polar surface area (TPSA) is 165 Å². The van der Waals surface area contributed by atoms with Crippen molar-refractivity contribution in [2.24, 2.45) is 0 Å². The molecule has 4 aliphatic rings. The number of aliphatic hydroxyl groups excluding tert-OH is 2. The van der Waals surface area contributed by atoms with Crippen molar-refractivity contribution in [2.75, 3.05) is 33.3 Å². The predicted molar refractivity (Wildman–Crippen MR) is 178 cm³/mol. The normalized spacial score (nSPS) is 25.9. The van der Waals surface area contributed by atoms with Gasteiger partial charge in [-0.1, -0.05) is 13.0 Å². The van der Waals surface area contributed by atoms with E-state index in [0.717, 1.165) is 11.1 Å². The third-order valence-electron chi connectivity index (χ3n) is 10.2. The van der Waals surface area contributed by atoms with Crippen molar-refractivity contribution in [3.63, 3.8) is 0 Å². The summed E-state index contributed by atoms with van der Waals surface area (Å²) in [5.74, 6) is -0.0578. The van der Waals surface area contributed by atoms with Crippen molar-refractivity contribution >= 4 is 29.5 Å². The summed E-state index contributed by atoms with van der Waals surface area (Å²) in [5.41, 5.74) is 3.78. The van der Waals surface area contributed by atoms with Crippen molar-refractivity contribution in [3.05, 3.63) is 39.4 Å². The number of esters is 2. The number of thioether (sulfide) groups is 1. The molecule has 1 saturated heterocycles. The number of aryl methyl sites for hydroxylation is 1. The van der Waals surface area contributed by atoms with Crippen LogP contribution < -0.4 is 18.9 Å². The van der Waals surface area contributed by atoms with Gasteiger partial charge in [-0.15, -0.1) is 11.8 Å². The van der Waals surface area contributed by atoms with Crippen molar-refractivity contribution in [1.82, 2.24) is 9.80 Å². The van der Waals surface area contributed by atoms with E-state index >= 15 is 0 Å². The lowest BCUT2D eigenvalue weighted by Crippen LogP contribution is -2.69. The fourth-order valence-electron chi connectivity index (χ4n) is 8.11. The van der Waals surface area contributed by atoms with Gasteiger partial charge in [0.05, 0.1) is 37.1 Å². The second kappa shape index (κ2) is 13.6. The summed E-state index contributed by atoms with van der Waals surface area (Å²) >= 11 is 1.31. The molecule has 2 unspecified atom stereocenters. The van der Waals surface area contributed by atoms with Gasteiger partial charge in [-0.3, -0.25) is 24.2 Å². The highest BCUT2D eigenvalue weighted by atomic mass is 32.2. The molecule has 0 saturated carbocycles. The Morgan fingerprint density at radius 2 is 1.82 bits per heavy atom. The third kappa shape index (κ3) is 5.71. The molecule has 0 radical (unpaired) electrons. The molecule has 7 atom stereocenters. The van der Waals surface area contributed by atoms with Crippen LogP contribution in [0.15, 0.2) is 6.07 Å². The summed E-state index contributed by atoms with van der Waals surface area (Å²) in [6, 6.07) is -0.544. The number of methoxy groups -OCH3 is 1. The largest absolute Gasteiger partial charge is 0.504 e. The van der Waals surface area contributed by atoms with Gasteiger partial charge in [0.15, 0.2) is 34.9 Å². The van der Waals surface area contributed by atoms with Gasteiger partial charge < -0.3 is 39.0 Å². The fraction of sp³-hybridized carbons (Fsp3) is 0.571. The molecule has 0 amide bonds. The Balaban J connectivity index is 1.61. The van der Waals surface area contributed by atoms with Crippen LogP contribution in [0.25, 0.3) is 0 Å². The molecule has 4 aliphatic heterocycles. The Kier molecular flexibility index (Phi) is 9.81. The average Bonchev–Trinajstić information content (AvgIpc) is 3.53. The number of carbonyl (C=O) groups is 3. The average molecular weight is 701 g/mol. The van der Waals surface area contributed by atoms with Crippen LogP contribution in [0.2, 0.25) is 0 Å². The number of rotatable bonds is 10. The van der Waals surface area contributed by atoms with Gasteiger partial charge in [-0.05, 0) is 51.8 Å². The van der Waals surface area contributed by atoms with Crippen molar-refractivity contribution in [1.29, 1.82) is 0 Å². The Hall–Kier alpha value is -3.56. The predicted octanol–water partition coefficient (Wildman–Crippen LogP) is 3.39. The van der Waals surface area contributed by atoms with Crippen molar-refractivity contribution in [2.45, 2.75) is 95.6 Å². The van der Waals surface area contributed by atoms with Crippen LogP contribution >= 0.6 is 11.8 Å². The molecule has 266 valence electrons. The van der Waals surface area contributed by atoms with E-state index in [0.29, 0.717) is 52.3 Å². The molecule has 0 aliphatic carbocycles. The minimum absolute atomic E-state index is 0.0172. The molecule has 2 aromatic rings. The third-order valence-corrected chi connectivity index (χ3v) is 11.5. The molecule has 2 aromatic carbocycles. The van der Waals surface area contributed by atoms with Gasteiger partial charge in [0, 0.05) is 47.4 Å². The van der Waals surface area contributed by atoms with E-state index in [1.54, 1.807) is 6.92 Å². The van der Waals surface area contributed by atoms with Gasteiger partial charge in [0.2, 0.25) is 6.79 Å². The maximum absolute atomic E-state index is 12.9. The Bertz CT molecular complexity index is 1680. The lowest BCUT2D eigenvalue weighted by atomic mass is 9.73. The van der Waals surface area contributed by atoms with Crippen LogP contribution in [0, 0.1) is 13.8 Å². The van der Waals surface area contributed by atoms with E-state index < -0.39 is 60.3 Å². The molecule has 1 fully saturated rings. The molecule has 3 N–H and O–H groups in total. The minimum Gasteiger partial charge on any atom is -0.504 e. The van der Waals surface area contributed by atoms with E-state index in [4.69, 9.17) is 23.7 Å². The Morgan fingerprint density at radius 3 is 2.45 bits per heavy atom. The first-order valence-corrected chi connectivity index (χ1v) is 17.5. The van der Waals surface area contributed by atoms with Crippen LogP contribution in [-0.4, -0.2) is 101 Å². The van der Waals surface area contributed by atoms with Gasteiger partial charge in [-0.25, -0.2) is 0 Å². The first-order valence-electron chi connectivity index (χ1n) is 16.5. The summed E-state index contributed by atoms with van der Waals surface area (Å²) < 4.78 is 29.1. The number of Topliss-reactive ketones (excluding diaryl/α,β-unsaturated/α-hetero) is 1. The van der Waals surface area contributed by atoms with Gasteiger partial charge in [0.25, 0.3) is 0 Å². The number of phenols is 1. The summed E-state index contributed by atoms with van der Waals surface area (Å²) in [7, 11) is 3.38. The molecule has 0 spiro atoms. The second-order valence-electron chi connectivity index (χ2n) is 13.1. The highest BCUT2D eigenvalue weighted by Gasteiger charge is 2.59. The summed E-state index contributed by atoms with van der Waals surface area (Å²) in [6.07, 6.45) is -1.04. The van der Waals surface area contributed by atoms with Crippen LogP contribution in [0.1, 0.15) is 84.3 Å². The number of likely N-dealkylation sites (N-methyl/N-ethyl adjacent to an activating group) is 1.